The number of piperidine rings is 1. The highest BCUT2D eigenvalue weighted by Gasteiger charge is 2.28. The third-order valence-electron chi connectivity index (χ3n) is 6.97. The van der Waals surface area contributed by atoms with E-state index in [1.54, 1.807) is 6.20 Å². The summed E-state index contributed by atoms with van der Waals surface area (Å²) in [5, 5.41) is 8.19. The Kier molecular flexibility index (Phi) is 5.16. The molecule has 3 aromatic heterocycles. The SMILES string of the molecule is Cc1nc2cc(-c3nccn3C)nn2c(N2CCC(NC(=O)C3CCCC3)CC2)c1C. The van der Waals surface area contributed by atoms with Crippen molar-refractivity contribution in [1.82, 2.24) is 29.5 Å². The molecule has 3 aromatic rings. The third-order valence-corrected chi connectivity index (χ3v) is 6.97. The number of imidazole rings is 1. The number of hydrogen-bond donors (Lipinski definition) is 1. The Bertz CT molecular complexity index is 1100. The summed E-state index contributed by atoms with van der Waals surface area (Å²) in [6, 6.07) is 2.27. The van der Waals surface area contributed by atoms with Gasteiger partial charge in [-0.05, 0) is 39.5 Å². The molecule has 2 aliphatic rings. The summed E-state index contributed by atoms with van der Waals surface area (Å²) >= 11 is 0. The molecule has 1 saturated carbocycles. The van der Waals surface area contributed by atoms with Crippen molar-refractivity contribution in [3.63, 3.8) is 0 Å². The fourth-order valence-corrected chi connectivity index (χ4v) is 5.02. The summed E-state index contributed by atoms with van der Waals surface area (Å²) in [5.41, 5.74) is 3.83. The normalized spacial score (nSPS) is 18.2. The van der Waals surface area contributed by atoms with Crippen LogP contribution in [0.25, 0.3) is 17.2 Å². The quantitative estimate of drug-likeness (QED) is 0.700. The average molecular weight is 422 g/mol. The maximum absolute atomic E-state index is 12.5. The van der Waals surface area contributed by atoms with Crippen molar-refractivity contribution in [3.05, 3.63) is 29.7 Å². The van der Waals surface area contributed by atoms with Crippen LogP contribution in [0, 0.1) is 19.8 Å². The lowest BCUT2D eigenvalue weighted by molar-refractivity contribution is -0.125. The molecule has 0 unspecified atom stereocenters. The summed E-state index contributed by atoms with van der Waals surface area (Å²) in [6.45, 7) is 5.97. The van der Waals surface area contributed by atoms with E-state index >= 15 is 0 Å². The first kappa shape index (κ1) is 20.0. The molecule has 1 amide bonds. The number of aryl methyl sites for hydroxylation is 2. The third kappa shape index (κ3) is 3.68. The molecule has 0 aromatic carbocycles. The Morgan fingerprint density at radius 3 is 2.55 bits per heavy atom. The van der Waals surface area contributed by atoms with Crippen molar-refractivity contribution < 1.29 is 4.79 Å². The molecule has 164 valence electrons. The second-order valence-electron chi connectivity index (χ2n) is 9.06. The number of fused-ring (bicyclic) bond motifs is 1. The smallest absolute Gasteiger partial charge is 0.223 e. The van der Waals surface area contributed by atoms with Gasteiger partial charge in [0.2, 0.25) is 5.91 Å². The second kappa shape index (κ2) is 7.98. The van der Waals surface area contributed by atoms with Gasteiger partial charge in [0.05, 0.1) is 0 Å². The van der Waals surface area contributed by atoms with E-state index in [1.165, 1.54) is 12.8 Å². The number of amides is 1. The fraction of sp³-hybridized carbons (Fsp3) is 0.565. The maximum atomic E-state index is 12.5. The van der Waals surface area contributed by atoms with Crippen LogP contribution in [0.15, 0.2) is 18.5 Å². The highest BCUT2D eigenvalue weighted by molar-refractivity contribution is 5.79. The van der Waals surface area contributed by atoms with Gasteiger partial charge in [0, 0.05) is 61.8 Å². The van der Waals surface area contributed by atoms with E-state index in [9.17, 15) is 4.79 Å². The topological polar surface area (TPSA) is 80.4 Å². The van der Waals surface area contributed by atoms with Crippen molar-refractivity contribution in [2.45, 2.75) is 58.4 Å². The van der Waals surface area contributed by atoms with Crippen LogP contribution in [0.1, 0.15) is 49.8 Å². The van der Waals surface area contributed by atoms with Gasteiger partial charge < -0.3 is 14.8 Å². The molecule has 0 bridgehead atoms. The van der Waals surface area contributed by atoms with Gasteiger partial charge in [-0.3, -0.25) is 4.79 Å². The average Bonchev–Trinajstić information content (AvgIpc) is 3.50. The Hall–Kier alpha value is -2.90. The largest absolute Gasteiger partial charge is 0.356 e. The minimum absolute atomic E-state index is 0.233. The lowest BCUT2D eigenvalue weighted by Gasteiger charge is -2.35. The second-order valence-corrected chi connectivity index (χ2v) is 9.06. The van der Waals surface area contributed by atoms with Crippen molar-refractivity contribution in [2.75, 3.05) is 18.0 Å². The molecule has 1 aliphatic carbocycles. The van der Waals surface area contributed by atoms with Crippen molar-refractivity contribution in [2.24, 2.45) is 13.0 Å². The van der Waals surface area contributed by atoms with E-state index < -0.39 is 0 Å². The van der Waals surface area contributed by atoms with Crippen LogP contribution in [0.4, 0.5) is 5.82 Å². The van der Waals surface area contributed by atoms with Crippen LogP contribution in [-0.2, 0) is 11.8 Å². The molecule has 1 aliphatic heterocycles. The van der Waals surface area contributed by atoms with Crippen molar-refractivity contribution in [1.29, 1.82) is 0 Å². The number of nitrogens with one attached hydrogen (secondary N) is 1. The molecule has 2 fully saturated rings. The monoisotopic (exact) mass is 421 g/mol. The molecular weight excluding hydrogens is 390 g/mol. The molecule has 0 radical (unpaired) electrons. The first-order valence-electron chi connectivity index (χ1n) is 11.4. The number of carbonyl (C=O) groups is 1. The van der Waals surface area contributed by atoms with Crippen LogP contribution in [0.5, 0.6) is 0 Å². The van der Waals surface area contributed by atoms with Crippen molar-refractivity contribution in [3.8, 4) is 11.5 Å². The zero-order chi connectivity index (χ0) is 21.5. The molecule has 4 heterocycles. The lowest BCUT2D eigenvalue weighted by atomic mass is 10.0. The van der Waals surface area contributed by atoms with E-state index in [0.717, 1.165) is 73.0 Å². The van der Waals surface area contributed by atoms with Crippen LogP contribution < -0.4 is 10.2 Å². The van der Waals surface area contributed by atoms with E-state index in [0.29, 0.717) is 0 Å². The molecule has 1 N–H and O–H groups in total. The molecule has 0 atom stereocenters. The van der Waals surface area contributed by atoms with E-state index in [-0.39, 0.29) is 17.9 Å². The Morgan fingerprint density at radius 2 is 1.87 bits per heavy atom. The number of carbonyl (C=O) groups excluding carboxylic acids is 1. The Labute approximate surface area is 182 Å². The number of rotatable bonds is 4. The van der Waals surface area contributed by atoms with Gasteiger partial charge in [-0.25, -0.2) is 9.97 Å². The van der Waals surface area contributed by atoms with Crippen LogP contribution in [0.2, 0.25) is 0 Å². The molecule has 8 nitrogen and oxygen atoms in total. The standard InChI is InChI=1S/C23H31N7O/c1-15-16(2)25-20-14-19(21-24-10-13-28(21)3)27-30(20)23(15)29-11-8-18(9-12-29)26-22(31)17-6-4-5-7-17/h10,13-14,17-18H,4-9,11-12H2,1-3H3,(H,26,31). The zero-order valence-corrected chi connectivity index (χ0v) is 18.6. The first-order chi connectivity index (χ1) is 15.0. The zero-order valence-electron chi connectivity index (χ0n) is 18.6. The molecule has 5 rings (SSSR count). The first-order valence-corrected chi connectivity index (χ1v) is 11.4. The minimum Gasteiger partial charge on any atom is -0.356 e. The highest BCUT2D eigenvalue weighted by Crippen LogP contribution is 2.29. The number of nitrogens with zero attached hydrogens (tertiary/aromatic N) is 6. The predicted molar refractivity (Wildman–Crippen MR) is 120 cm³/mol. The number of aromatic nitrogens is 5. The van der Waals surface area contributed by atoms with E-state index in [4.69, 9.17) is 10.1 Å². The Balaban J connectivity index is 1.37. The van der Waals surface area contributed by atoms with Gasteiger partial charge in [-0.1, -0.05) is 12.8 Å². The number of anilines is 1. The maximum Gasteiger partial charge on any atom is 0.223 e. The van der Waals surface area contributed by atoms with Crippen LogP contribution in [-0.4, -0.2) is 49.2 Å². The van der Waals surface area contributed by atoms with Crippen LogP contribution in [0.3, 0.4) is 0 Å². The van der Waals surface area contributed by atoms with Crippen LogP contribution >= 0.6 is 0 Å². The summed E-state index contributed by atoms with van der Waals surface area (Å²) in [5.74, 6) is 2.43. The van der Waals surface area contributed by atoms with E-state index in [1.807, 2.05) is 28.4 Å². The van der Waals surface area contributed by atoms with Crippen molar-refractivity contribution >= 4 is 17.4 Å². The predicted octanol–water partition coefficient (Wildman–Crippen LogP) is 3.02. The van der Waals surface area contributed by atoms with E-state index in [2.05, 4.69) is 29.0 Å². The molecule has 1 saturated heterocycles. The minimum atomic E-state index is 0.233. The summed E-state index contributed by atoms with van der Waals surface area (Å²) in [7, 11) is 1.97. The molecule has 31 heavy (non-hydrogen) atoms. The summed E-state index contributed by atoms with van der Waals surface area (Å²) < 4.78 is 3.93. The van der Waals surface area contributed by atoms with Gasteiger partial charge >= 0.3 is 0 Å². The lowest BCUT2D eigenvalue weighted by Crippen LogP contribution is -2.46. The van der Waals surface area contributed by atoms with Gasteiger partial charge in [-0.15, -0.1) is 0 Å². The molecule has 0 spiro atoms. The fourth-order valence-electron chi connectivity index (χ4n) is 5.02. The van der Waals surface area contributed by atoms with Gasteiger partial charge in [0.15, 0.2) is 11.5 Å². The summed E-state index contributed by atoms with van der Waals surface area (Å²) in [4.78, 5) is 24.1. The van der Waals surface area contributed by atoms with Gasteiger partial charge in [0.25, 0.3) is 0 Å². The van der Waals surface area contributed by atoms with Gasteiger partial charge in [0.1, 0.15) is 11.5 Å². The van der Waals surface area contributed by atoms with Gasteiger partial charge in [-0.2, -0.15) is 9.61 Å². The molecule has 8 heteroatoms. The molecular formula is C23H31N7O. The highest BCUT2D eigenvalue weighted by atomic mass is 16.1. The Morgan fingerprint density at radius 1 is 1.13 bits per heavy atom. The summed E-state index contributed by atoms with van der Waals surface area (Å²) in [6.07, 6.45) is 10.1. The number of hydrogen-bond acceptors (Lipinski definition) is 5.